The predicted octanol–water partition coefficient (Wildman–Crippen LogP) is 4.48. The third-order valence-electron chi connectivity index (χ3n) is 4.55. The summed E-state index contributed by atoms with van der Waals surface area (Å²) in [6.45, 7) is 0. The first kappa shape index (κ1) is 19.1. The van der Waals surface area contributed by atoms with Crippen molar-refractivity contribution in [2.24, 2.45) is 0 Å². The molecule has 1 unspecified atom stereocenters. The van der Waals surface area contributed by atoms with Crippen LogP contribution in [-0.2, 0) is 11.2 Å². The van der Waals surface area contributed by atoms with Gasteiger partial charge in [0, 0.05) is 22.2 Å². The maximum Gasteiger partial charge on any atom is 0.257 e. The minimum Gasteiger partial charge on any atom is -0.325 e. The molecule has 3 aromatic rings. The van der Waals surface area contributed by atoms with Crippen molar-refractivity contribution in [3.63, 3.8) is 0 Å². The predicted molar refractivity (Wildman–Crippen MR) is 103 cm³/mol. The average molecular weight is 417 g/mol. The van der Waals surface area contributed by atoms with E-state index < -0.39 is 29.3 Å². The number of nitrogens with zero attached hydrogens (tertiary/aromatic N) is 1. The third kappa shape index (κ3) is 4.00. The van der Waals surface area contributed by atoms with E-state index in [9.17, 15) is 22.8 Å². The Balaban J connectivity index is 1.46. The lowest BCUT2D eigenvalue weighted by Crippen LogP contribution is -2.20. The van der Waals surface area contributed by atoms with Gasteiger partial charge in [-0.2, -0.15) is 0 Å². The second kappa shape index (κ2) is 7.67. The van der Waals surface area contributed by atoms with E-state index in [2.05, 4.69) is 15.6 Å². The maximum absolute atomic E-state index is 13.3. The van der Waals surface area contributed by atoms with Crippen molar-refractivity contribution in [3.05, 3.63) is 76.1 Å². The lowest BCUT2D eigenvalue weighted by molar-refractivity contribution is -0.117. The molecule has 1 aliphatic carbocycles. The molecule has 148 valence electrons. The van der Waals surface area contributed by atoms with Crippen molar-refractivity contribution in [1.82, 2.24) is 4.98 Å². The van der Waals surface area contributed by atoms with Gasteiger partial charge in [0.2, 0.25) is 5.91 Å². The first-order chi connectivity index (χ1) is 13.9. The number of thiazole rings is 1. The summed E-state index contributed by atoms with van der Waals surface area (Å²) in [5.41, 5.74) is 1.00. The van der Waals surface area contributed by atoms with E-state index in [0.29, 0.717) is 23.7 Å². The van der Waals surface area contributed by atoms with Crippen LogP contribution < -0.4 is 10.6 Å². The normalized spacial score (nSPS) is 15.1. The summed E-state index contributed by atoms with van der Waals surface area (Å²) >= 11 is 1.27. The van der Waals surface area contributed by atoms with E-state index in [1.54, 1.807) is 0 Å². The van der Waals surface area contributed by atoms with Gasteiger partial charge < -0.3 is 5.32 Å². The van der Waals surface area contributed by atoms with Crippen molar-refractivity contribution in [2.45, 2.75) is 18.8 Å². The highest BCUT2D eigenvalue weighted by Crippen LogP contribution is 2.39. The lowest BCUT2D eigenvalue weighted by Gasteiger charge is -2.11. The molecule has 1 heterocycles. The van der Waals surface area contributed by atoms with Gasteiger partial charge in [0.05, 0.1) is 11.6 Å². The van der Waals surface area contributed by atoms with Gasteiger partial charge in [0.25, 0.3) is 5.91 Å². The van der Waals surface area contributed by atoms with Crippen LogP contribution in [0.1, 0.15) is 33.3 Å². The van der Waals surface area contributed by atoms with Crippen molar-refractivity contribution < 1.29 is 22.8 Å². The number of benzene rings is 2. The number of hydrogen-bond donors (Lipinski definition) is 2. The van der Waals surface area contributed by atoms with E-state index in [-0.39, 0.29) is 17.2 Å². The van der Waals surface area contributed by atoms with Gasteiger partial charge in [-0.25, -0.2) is 18.2 Å². The van der Waals surface area contributed by atoms with Crippen molar-refractivity contribution in [2.75, 3.05) is 10.6 Å². The molecular weight excluding hydrogens is 403 g/mol. The summed E-state index contributed by atoms with van der Waals surface area (Å²) < 4.78 is 39.4. The number of rotatable bonds is 4. The molecule has 1 aliphatic rings. The van der Waals surface area contributed by atoms with Crippen LogP contribution in [0.15, 0.2) is 42.5 Å². The molecule has 1 aromatic heterocycles. The molecule has 0 saturated heterocycles. The molecule has 1 atom stereocenters. The number of hydrogen-bond acceptors (Lipinski definition) is 4. The largest absolute Gasteiger partial charge is 0.325 e. The van der Waals surface area contributed by atoms with Gasteiger partial charge in [0.1, 0.15) is 5.82 Å². The van der Waals surface area contributed by atoms with Crippen LogP contribution >= 0.6 is 11.3 Å². The molecule has 9 heteroatoms. The highest BCUT2D eigenvalue weighted by molar-refractivity contribution is 7.16. The summed E-state index contributed by atoms with van der Waals surface area (Å²) in [5.74, 6) is -3.84. The third-order valence-corrected chi connectivity index (χ3v) is 5.59. The SMILES string of the molecule is O=C(Nc1nc2c(s1)CCC2C(=O)Nc1ccc(F)c(F)c1)c1ccc(F)cc1. The van der Waals surface area contributed by atoms with Gasteiger partial charge in [-0.05, 0) is 49.2 Å². The molecule has 29 heavy (non-hydrogen) atoms. The van der Waals surface area contributed by atoms with Crippen LogP contribution in [0, 0.1) is 17.5 Å². The van der Waals surface area contributed by atoms with Gasteiger partial charge in [0.15, 0.2) is 16.8 Å². The van der Waals surface area contributed by atoms with Crippen LogP contribution in [0.2, 0.25) is 0 Å². The Labute approximate surface area is 167 Å². The number of anilines is 2. The fourth-order valence-corrected chi connectivity index (χ4v) is 4.14. The molecule has 0 aliphatic heterocycles. The monoisotopic (exact) mass is 417 g/mol. The molecule has 0 saturated carbocycles. The Bertz CT molecular complexity index is 1100. The topological polar surface area (TPSA) is 71.1 Å². The van der Waals surface area contributed by atoms with E-state index in [0.717, 1.165) is 17.0 Å². The summed E-state index contributed by atoms with van der Waals surface area (Å²) in [4.78, 5) is 30.1. The number of carbonyl (C=O) groups excluding carboxylic acids is 2. The lowest BCUT2D eigenvalue weighted by atomic mass is 10.1. The number of nitrogens with one attached hydrogen (secondary N) is 2. The highest BCUT2D eigenvalue weighted by atomic mass is 32.1. The molecule has 5 nitrogen and oxygen atoms in total. The molecule has 0 bridgehead atoms. The minimum atomic E-state index is -1.05. The molecule has 2 amide bonds. The number of carbonyl (C=O) groups is 2. The zero-order valence-corrected chi connectivity index (χ0v) is 15.7. The number of aromatic nitrogens is 1. The van der Waals surface area contributed by atoms with E-state index in [4.69, 9.17) is 0 Å². The van der Waals surface area contributed by atoms with Crippen molar-refractivity contribution in [1.29, 1.82) is 0 Å². The summed E-state index contributed by atoms with van der Waals surface area (Å²) in [7, 11) is 0. The number of aryl methyl sites for hydroxylation is 1. The van der Waals surface area contributed by atoms with Crippen LogP contribution in [0.5, 0.6) is 0 Å². The quantitative estimate of drug-likeness (QED) is 0.658. The van der Waals surface area contributed by atoms with Crippen LogP contribution in [0.4, 0.5) is 24.0 Å². The van der Waals surface area contributed by atoms with Crippen LogP contribution in [-0.4, -0.2) is 16.8 Å². The fraction of sp³-hybridized carbons (Fsp3) is 0.150. The highest BCUT2D eigenvalue weighted by Gasteiger charge is 2.33. The molecule has 0 spiro atoms. The van der Waals surface area contributed by atoms with E-state index >= 15 is 0 Å². The molecular formula is C20H14F3N3O2S. The standard InChI is InChI=1S/C20H14F3N3O2S/c21-11-3-1-10(2-4-11)18(27)26-20-25-17-13(6-8-16(17)29-20)19(28)24-12-5-7-14(22)15(23)9-12/h1-5,7,9,13H,6,8H2,(H,24,28)(H,25,26,27). The van der Waals surface area contributed by atoms with Gasteiger partial charge in [-0.1, -0.05) is 0 Å². The van der Waals surface area contributed by atoms with Crippen LogP contribution in [0.25, 0.3) is 0 Å². The van der Waals surface area contributed by atoms with Crippen LogP contribution in [0.3, 0.4) is 0 Å². The smallest absolute Gasteiger partial charge is 0.257 e. The Kier molecular flexibility index (Phi) is 5.06. The maximum atomic E-state index is 13.3. The van der Waals surface area contributed by atoms with Gasteiger partial charge >= 0.3 is 0 Å². The minimum absolute atomic E-state index is 0.155. The zero-order valence-electron chi connectivity index (χ0n) is 14.8. The van der Waals surface area contributed by atoms with E-state index in [1.165, 1.54) is 41.7 Å². The molecule has 2 N–H and O–H groups in total. The Hall–Kier alpha value is -3.20. The zero-order chi connectivity index (χ0) is 20.5. The molecule has 4 rings (SSSR count). The molecule has 2 aromatic carbocycles. The molecule has 0 fully saturated rings. The Morgan fingerprint density at radius 2 is 1.76 bits per heavy atom. The molecule has 0 radical (unpaired) electrons. The number of fused-ring (bicyclic) bond motifs is 1. The van der Waals surface area contributed by atoms with Gasteiger partial charge in [-0.15, -0.1) is 11.3 Å². The first-order valence-electron chi connectivity index (χ1n) is 8.73. The summed E-state index contributed by atoms with van der Waals surface area (Å²) in [5, 5.41) is 5.57. The van der Waals surface area contributed by atoms with Crippen molar-refractivity contribution in [3.8, 4) is 0 Å². The van der Waals surface area contributed by atoms with Crippen molar-refractivity contribution >= 4 is 34.0 Å². The Morgan fingerprint density at radius 3 is 2.48 bits per heavy atom. The average Bonchev–Trinajstić information content (AvgIpc) is 3.25. The first-order valence-corrected chi connectivity index (χ1v) is 9.55. The second-order valence-electron chi connectivity index (χ2n) is 6.50. The summed E-state index contributed by atoms with van der Waals surface area (Å²) in [6.07, 6.45) is 1.16. The summed E-state index contributed by atoms with van der Waals surface area (Å²) in [6, 6.07) is 8.25. The number of halogens is 3. The fourth-order valence-electron chi connectivity index (χ4n) is 3.11. The van der Waals surface area contributed by atoms with E-state index in [1.807, 2.05) is 0 Å². The second-order valence-corrected chi connectivity index (χ2v) is 7.58. The van der Waals surface area contributed by atoms with Gasteiger partial charge in [-0.3, -0.25) is 14.9 Å². The Morgan fingerprint density at radius 1 is 1.00 bits per heavy atom. The number of amides is 2.